The van der Waals surface area contributed by atoms with Crippen LogP contribution in [0.25, 0.3) is 21.8 Å². The number of methoxy groups -OCH3 is 2. The number of nitrogens with one attached hydrogen (secondary N) is 2. The van der Waals surface area contributed by atoms with Crippen molar-refractivity contribution in [3.8, 4) is 0 Å². The summed E-state index contributed by atoms with van der Waals surface area (Å²) in [6.07, 6.45) is 3.64. The van der Waals surface area contributed by atoms with Crippen molar-refractivity contribution < 1.29 is 9.47 Å². The van der Waals surface area contributed by atoms with E-state index < -0.39 is 0 Å². The number of anilines is 2. The van der Waals surface area contributed by atoms with Crippen LogP contribution >= 0.6 is 11.6 Å². The molecule has 0 saturated heterocycles. The Labute approximate surface area is 251 Å². The van der Waals surface area contributed by atoms with Crippen molar-refractivity contribution >= 4 is 44.8 Å². The number of fused-ring (bicyclic) bond motifs is 6. The lowest BCUT2D eigenvalue weighted by Gasteiger charge is -2.23. The maximum Gasteiger partial charge on any atom is 0.258 e. The van der Waals surface area contributed by atoms with Crippen molar-refractivity contribution in [3.05, 3.63) is 79.4 Å². The van der Waals surface area contributed by atoms with Gasteiger partial charge in [-0.15, -0.1) is 11.6 Å². The summed E-state index contributed by atoms with van der Waals surface area (Å²) in [6, 6.07) is 12.4. The Morgan fingerprint density at radius 3 is 1.71 bits per heavy atom. The van der Waals surface area contributed by atoms with Crippen LogP contribution in [0.4, 0.5) is 11.4 Å². The maximum atomic E-state index is 12.8. The number of benzene rings is 2. The number of hydrogen-bond donors (Lipinski definition) is 2. The number of ether oxygens (including phenoxy) is 2. The average molecular weight is 594 g/mol. The van der Waals surface area contributed by atoms with Gasteiger partial charge >= 0.3 is 0 Å². The van der Waals surface area contributed by atoms with Crippen molar-refractivity contribution in [1.82, 2.24) is 14.0 Å². The quantitative estimate of drug-likeness (QED) is 0.300. The minimum absolute atomic E-state index is 0.0354. The van der Waals surface area contributed by atoms with Crippen LogP contribution in [-0.2, 0) is 48.2 Å². The van der Waals surface area contributed by atoms with E-state index in [2.05, 4.69) is 33.7 Å². The van der Waals surface area contributed by atoms with Gasteiger partial charge in [-0.2, -0.15) is 0 Å². The predicted molar refractivity (Wildman–Crippen MR) is 171 cm³/mol. The van der Waals surface area contributed by atoms with Crippen molar-refractivity contribution in [2.75, 3.05) is 52.0 Å². The summed E-state index contributed by atoms with van der Waals surface area (Å²) in [5.74, 6) is 0.432. The molecule has 0 amide bonds. The molecule has 224 valence electrons. The second kappa shape index (κ2) is 13.3. The Morgan fingerprint density at radius 1 is 0.786 bits per heavy atom. The molecule has 2 aliphatic rings. The van der Waals surface area contributed by atoms with Gasteiger partial charge in [0.2, 0.25) is 0 Å². The third-order valence-electron chi connectivity index (χ3n) is 7.83. The van der Waals surface area contributed by atoms with Gasteiger partial charge in [0.15, 0.2) is 0 Å². The number of rotatable bonds is 7. The first-order valence-electron chi connectivity index (χ1n) is 14.4. The number of aromatic nitrogens is 2. The highest BCUT2D eigenvalue weighted by Gasteiger charge is 2.21. The minimum atomic E-state index is 0.0354. The maximum absolute atomic E-state index is 12.8. The molecule has 4 heterocycles. The fourth-order valence-electron chi connectivity index (χ4n) is 5.99. The molecule has 6 rings (SSSR count). The van der Waals surface area contributed by atoms with E-state index in [0.717, 1.165) is 95.2 Å². The first-order chi connectivity index (χ1) is 20.4. The molecule has 4 aromatic rings. The van der Waals surface area contributed by atoms with Gasteiger partial charge < -0.3 is 25.0 Å². The zero-order valence-electron chi connectivity index (χ0n) is 24.9. The lowest BCUT2D eigenvalue weighted by molar-refractivity contribution is 0.131. The molecule has 0 radical (unpaired) electrons. The average Bonchev–Trinajstić information content (AvgIpc) is 3.01. The topological polar surface area (TPSA) is 89.8 Å². The van der Waals surface area contributed by atoms with Crippen LogP contribution in [0.3, 0.4) is 0 Å². The van der Waals surface area contributed by atoms with Crippen LogP contribution in [0.15, 0.2) is 46.0 Å². The third-order valence-corrected chi connectivity index (χ3v) is 8.14. The standard InChI is InChI=1S/C17H23N3O2.C15H17ClN2O2/c1-19(2)10-12-6-7-13-15(9-12)20(11-22-3)17(21)14-5-4-8-18-16(13)14;1-20-9-18-13-7-10(8-16)4-5-11(13)14-12(15(18)19)3-2-6-17-14/h6-7,9,18H,4-5,8,10-11H2,1-3H3;4-5,7,17H,2-3,6,8-9H2,1H3. The van der Waals surface area contributed by atoms with Gasteiger partial charge in [0.25, 0.3) is 11.1 Å². The van der Waals surface area contributed by atoms with Gasteiger partial charge in [-0.1, -0.05) is 24.3 Å². The molecule has 2 aromatic carbocycles. The smallest absolute Gasteiger partial charge is 0.258 e. The molecule has 2 N–H and O–H groups in total. The number of nitrogens with zero attached hydrogens (tertiary/aromatic N) is 3. The van der Waals surface area contributed by atoms with Gasteiger partial charge in [0.1, 0.15) is 13.5 Å². The summed E-state index contributed by atoms with van der Waals surface area (Å²) in [5.41, 5.74) is 7.85. The van der Waals surface area contributed by atoms with Crippen LogP contribution in [0.1, 0.15) is 35.1 Å². The van der Waals surface area contributed by atoms with Gasteiger partial charge in [-0.25, -0.2) is 0 Å². The SMILES string of the molecule is COCn1c(=O)c2c(c3ccc(CCl)cc31)NCCC2.COCn1c(=O)c2c(c3ccc(CN(C)C)cc31)NCCC2. The van der Waals surface area contributed by atoms with Gasteiger partial charge in [-0.3, -0.25) is 18.7 Å². The predicted octanol–water partition coefficient (Wildman–Crippen LogP) is 4.73. The summed E-state index contributed by atoms with van der Waals surface area (Å²) in [4.78, 5) is 27.5. The molecule has 0 saturated carbocycles. The van der Waals surface area contributed by atoms with Crippen LogP contribution < -0.4 is 21.8 Å². The fraction of sp³-hybridized carbons (Fsp3) is 0.438. The highest BCUT2D eigenvalue weighted by atomic mass is 35.5. The molecule has 0 atom stereocenters. The van der Waals surface area contributed by atoms with E-state index in [1.165, 1.54) is 5.56 Å². The first-order valence-corrected chi connectivity index (χ1v) is 14.9. The molecule has 2 aliphatic heterocycles. The monoisotopic (exact) mass is 593 g/mol. The molecule has 0 fully saturated rings. The van der Waals surface area contributed by atoms with Crippen LogP contribution in [0.5, 0.6) is 0 Å². The van der Waals surface area contributed by atoms with E-state index in [-0.39, 0.29) is 24.6 Å². The minimum Gasteiger partial charge on any atom is -0.384 e. The highest BCUT2D eigenvalue weighted by molar-refractivity contribution is 6.17. The Kier molecular flexibility index (Phi) is 9.53. The Morgan fingerprint density at radius 2 is 1.26 bits per heavy atom. The number of alkyl halides is 1. The van der Waals surface area contributed by atoms with Crippen molar-refractivity contribution in [2.24, 2.45) is 0 Å². The zero-order chi connectivity index (χ0) is 29.8. The normalized spacial score (nSPS) is 14.1. The van der Waals surface area contributed by atoms with E-state index in [9.17, 15) is 9.59 Å². The van der Waals surface area contributed by atoms with Gasteiger partial charge in [0.05, 0.1) is 22.4 Å². The summed E-state index contributed by atoms with van der Waals surface area (Å²) in [6.45, 7) is 3.23. The van der Waals surface area contributed by atoms with E-state index in [4.69, 9.17) is 21.1 Å². The molecule has 0 bridgehead atoms. The summed E-state index contributed by atoms with van der Waals surface area (Å²) >= 11 is 5.91. The summed E-state index contributed by atoms with van der Waals surface area (Å²) in [5, 5.41) is 8.94. The zero-order valence-corrected chi connectivity index (χ0v) is 25.6. The Hall–Kier alpha value is -3.37. The van der Waals surface area contributed by atoms with E-state index in [1.54, 1.807) is 23.4 Å². The third kappa shape index (κ3) is 5.92. The molecule has 0 aliphatic carbocycles. The van der Waals surface area contributed by atoms with E-state index in [0.29, 0.717) is 5.88 Å². The lowest BCUT2D eigenvalue weighted by Crippen LogP contribution is -2.29. The molecule has 0 spiro atoms. The highest BCUT2D eigenvalue weighted by Crippen LogP contribution is 2.31. The second-order valence-corrected chi connectivity index (χ2v) is 11.4. The Balaban J connectivity index is 0.000000169. The first kappa shape index (κ1) is 30.1. The van der Waals surface area contributed by atoms with Gasteiger partial charge in [0, 0.05) is 61.6 Å². The van der Waals surface area contributed by atoms with Crippen molar-refractivity contribution in [1.29, 1.82) is 0 Å². The fourth-order valence-corrected chi connectivity index (χ4v) is 6.16. The van der Waals surface area contributed by atoms with Crippen molar-refractivity contribution in [3.63, 3.8) is 0 Å². The Bertz CT molecular complexity index is 1710. The summed E-state index contributed by atoms with van der Waals surface area (Å²) < 4.78 is 13.9. The number of halogens is 1. The molecule has 42 heavy (non-hydrogen) atoms. The molecule has 2 aromatic heterocycles. The van der Waals surface area contributed by atoms with Crippen LogP contribution in [0.2, 0.25) is 0 Å². The lowest BCUT2D eigenvalue weighted by atomic mass is 10.00. The summed E-state index contributed by atoms with van der Waals surface area (Å²) in [7, 11) is 7.31. The molecule has 10 heteroatoms. The number of pyridine rings is 2. The van der Waals surface area contributed by atoms with Gasteiger partial charge in [-0.05, 0) is 63.0 Å². The largest absolute Gasteiger partial charge is 0.384 e. The molecular formula is C32H40ClN5O4. The number of hydrogen-bond acceptors (Lipinski definition) is 7. The second-order valence-electron chi connectivity index (χ2n) is 11.1. The van der Waals surface area contributed by atoms with Crippen LogP contribution in [0, 0.1) is 0 Å². The van der Waals surface area contributed by atoms with Crippen molar-refractivity contribution in [2.45, 2.75) is 51.6 Å². The molecule has 0 unspecified atom stereocenters. The van der Waals surface area contributed by atoms with E-state index >= 15 is 0 Å². The molecular weight excluding hydrogens is 554 g/mol. The van der Waals surface area contributed by atoms with Crippen LogP contribution in [-0.4, -0.2) is 55.4 Å². The van der Waals surface area contributed by atoms with E-state index in [1.807, 2.05) is 32.3 Å². The molecule has 9 nitrogen and oxygen atoms in total.